The SMILES string of the molecule is CCCCCCCC/C=C\CCCCCCCCCC(=O)OCC(COC(=O)CCCCCCCCCCC/C=C\CCCCCCCCCC)OC(=O)CCCCCCCCCCC/C=C\CCCCCCCCCC. The summed E-state index contributed by atoms with van der Waals surface area (Å²) in [6, 6.07) is 0. The molecule has 0 rings (SSSR count). The smallest absolute Gasteiger partial charge is 0.306 e. The molecule has 0 heterocycles. The number of unbranched alkanes of at least 4 members (excludes halogenated alkanes) is 47. The van der Waals surface area contributed by atoms with Gasteiger partial charge in [0.25, 0.3) is 0 Å². The molecule has 0 aliphatic heterocycles. The number of allylic oxidation sites excluding steroid dienone is 6. The normalized spacial score (nSPS) is 12.2. The maximum absolute atomic E-state index is 12.9. The number of hydrogen-bond acceptors (Lipinski definition) is 6. The fraction of sp³-hybridized carbons (Fsp3) is 0.873. The molecule has 6 heteroatoms. The lowest BCUT2D eigenvalue weighted by Gasteiger charge is -2.18. The lowest BCUT2D eigenvalue weighted by Crippen LogP contribution is -2.30. The van der Waals surface area contributed by atoms with Crippen molar-refractivity contribution in [3.63, 3.8) is 0 Å². The van der Waals surface area contributed by atoms with Crippen LogP contribution >= 0.6 is 0 Å². The highest BCUT2D eigenvalue weighted by atomic mass is 16.6. The lowest BCUT2D eigenvalue weighted by molar-refractivity contribution is -0.167. The summed E-state index contributed by atoms with van der Waals surface area (Å²) in [6.07, 6.45) is 81.6. The fourth-order valence-corrected chi connectivity index (χ4v) is 10.4. The lowest BCUT2D eigenvalue weighted by atomic mass is 10.1. The average Bonchev–Trinajstić information content (AvgIpc) is 3.43. The Balaban J connectivity index is 4.33. The molecule has 0 aliphatic carbocycles. The molecule has 1 unspecified atom stereocenters. The van der Waals surface area contributed by atoms with Gasteiger partial charge in [-0.1, -0.05) is 301 Å². The van der Waals surface area contributed by atoms with Gasteiger partial charge in [0.05, 0.1) is 0 Å². The van der Waals surface area contributed by atoms with Gasteiger partial charge in [-0.15, -0.1) is 0 Å². The third kappa shape index (κ3) is 64.3. The van der Waals surface area contributed by atoms with Crippen molar-refractivity contribution in [1.29, 1.82) is 0 Å². The Hall–Kier alpha value is -2.37. The van der Waals surface area contributed by atoms with Crippen LogP contribution in [0.4, 0.5) is 0 Å². The first-order valence-electron chi connectivity index (χ1n) is 34.5. The van der Waals surface area contributed by atoms with Crippen LogP contribution in [0.15, 0.2) is 36.5 Å². The summed E-state index contributed by atoms with van der Waals surface area (Å²) in [5.41, 5.74) is 0. The van der Waals surface area contributed by atoms with Crippen molar-refractivity contribution in [1.82, 2.24) is 0 Å². The molecule has 0 aliphatic rings. The molecule has 0 spiro atoms. The molecule has 6 nitrogen and oxygen atoms in total. The predicted octanol–water partition coefficient (Wildman–Crippen LogP) is 23.6. The van der Waals surface area contributed by atoms with Gasteiger partial charge in [-0.3, -0.25) is 14.4 Å². The minimum Gasteiger partial charge on any atom is -0.462 e. The zero-order valence-corrected chi connectivity index (χ0v) is 52.0. The molecule has 0 aromatic rings. The first-order chi connectivity index (χ1) is 38.0. The second-order valence-electron chi connectivity index (χ2n) is 23.4. The number of esters is 3. The third-order valence-corrected chi connectivity index (χ3v) is 15.6. The minimum atomic E-state index is -0.776. The molecule has 0 saturated heterocycles. The summed E-state index contributed by atoms with van der Waals surface area (Å²) >= 11 is 0. The second-order valence-corrected chi connectivity index (χ2v) is 23.4. The summed E-state index contributed by atoms with van der Waals surface area (Å²) in [7, 11) is 0. The van der Waals surface area contributed by atoms with Crippen LogP contribution in [-0.2, 0) is 28.6 Å². The van der Waals surface area contributed by atoms with Gasteiger partial charge in [0.15, 0.2) is 6.10 Å². The van der Waals surface area contributed by atoms with Crippen molar-refractivity contribution in [2.45, 2.75) is 386 Å². The zero-order valence-electron chi connectivity index (χ0n) is 52.0. The molecule has 0 aromatic heterocycles. The topological polar surface area (TPSA) is 78.9 Å². The Morgan fingerprint density at radius 1 is 0.247 bits per heavy atom. The van der Waals surface area contributed by atoms with E-state index in [1.807, 2.05) is 0 Å². The second kappa shape index (κ2) is 66.1. The van der Waals surface area contributed by atoms with Crippen molar-refractivity contribution in [3.8, 4) is 0 Å². The molecule has 77 heavy (non-hydrogen) atoms. The Bertz CT molecular complexity index is 1290. The summed E-state index contributed by atoms with van der Waals surface area (Å²) < 4.78 is 17.0. The highest BCUT2D eigenvalue weighted by Crippen LogP contribution is 2.17. The monoisotopic (exact) mass is 1080 g/mol. The van der Waals surface area contributed by atoms with Crippen LogP contribution in [0, 0.1) is 0 Å². The van der Waals surface area contributed by atoms with E-state index in [-0.39, 0.29) is 31.1 Å². The number of rotatable bonds is 64. The summed E-state index contributed by atoms with van der Waals surface area (Å²) in [4.78, 5) is 38.4. The number of carbonyl (C=O) groups is 3. The van der Waals surface area contributed by atoms with Crippen LogP contribution in [0.1, 0.15) is 380 Å². The molecule has 452 valence electrons. The van der Waals surface area contributed by atoms with E-state index in [2.05, 4.69) is 57.2 Å². The third-order valence-electron chi connectivity index (χ3n) is 15.6. The largest absolute Gasteiger partial charge is 0.462 e. The van der Waals surface area contributed by atoms with E-state index >= 15 is 0 Å². The molecule has 0 aromatic carbocycles. The first kappa shape index (κ1) is 74.6. The highest BCUT2D eigenvalue weighted by Gasteiger charge is 2.19. The van der Waals surface area contributed by atoms with E-state index in [9.17, 15) is 14.4 Å². The van der Waals surface area contributed by atoms with Crippen molar-refractivity contribution in [2.24, 2.45) is 0 Å². The fourth-order valence-electron chi connectivity index (χ4n) is 10.4. The Morgan fingerprint density at radius 3 is 0.649 bits per heavy atom. The predicted molar refractivity (Wildman–Crippen MR) is 335 cm³/mol. The van der Waals surface area contributed by atoms with E-state index in [0.29, 0.717) is 19.3 Å². The van der Waals surface area contributed by atoms with Gasteiger partial charge in [-0.2, -0.15) is 0 Å². The van der Waals surface area contributed by atoms with Gasteiger partial charge in [0.1, 0.15) is 13.2 Å². The Kier molecular flexibility index (Phi) is 64.1. The van der Waals surface area contributed by atoms with E-state index < -0.39 is 6.10 Å². The standard InChI is InChI=1S/C71H132O6/c1-4-7-10-13-16-19-22-25-28-31-33-35-37-40-43-46-49-52-55-58-61-64-70(73)76-67-68(66-75-69(72)63-60-57-54-51-48-45-42-39-30-27-24-21-18-15-12-9-6-3)77-71(74)65-62-59-56-53-50-47-44-41-38-36-34-32-29-26-23-20-17-14-11-8-5-2/h27,30-34,68H,4-26,28-29,35-67H2,1-3H3/b30-27-,33-31-,34-32-. The van der Waals surface area contributed by atoms with Gasteiger partial charge >= 0.3 is 17.9 Å². The summed E-state index contributed by atoms with van der Waals surface area (Å²) in [5, 5.41) is 0. The van der Waals surface area contributed by atoms with Crippen LogP contribution in [0.2, 0.25) is 0 Å². The van der Waals surface area contributed by atoms with E-state index in [1.165, 1.54) is 283 Å². The number of ether oxygens (including phenoxy) is 3. The molecule has 0 N–H and O–H groups in total. The van der Waals surface area contributed by atoms with Gasteiger partial charge < -0.3 is 14.2 Å². The maximum atomic E-state index is 12.9. The van der Waals surface area contributed by atoms with Crippen LogP contribution in [0.3, 0.4) is 0 Å². The summed E-state index contributed by atoms with van der Waals surface area (Å²) in [6.45, 7) is 6.70. The molecule has 0 amide bonds. The van der Waals surface area contributed by atoms with Crippen LogP contribution in [0.25, 0.3) is 0 Å². The molecular formula is C71H132O6. The molecule has 0 radical (unpaired) electrons. The van der Waals surface area contributed by atoms with Crippen LogP contribution in [0.5, 0.6) is 0 Å². The molecule has 0 saturated carbocycles. The zero-order chi connectivity index (χ0) is 55.7. The minimum absolute atomic E-state index is 0.0720. The van der Waals surface area contributed by atoms with E-state index in [4.69, 9.17) is 14.2 Å². The molecule has 1 atom stereocenters. The number of hydrogen-bond donors (Lipinski definition) is 0. The Labute approximate surface area is 480 Å². The first-order valence-corrected chi connectivity index (χ1v) is 34.5. The maximum Gasteiger partial charge on any atom is 0.306 e. The van der Waals surface area contributed by atoms with Gasteiger partial charge in [0.2, 0.25) is 0 Å². The molecule has 0 fully saturated rings. The van der Waals surface area contributed by atoms with Crippen molar-refractivity contribution in [2.75, 3.05) is 13.2 Å². The van der Waals surface area contributed by atoms with Gasteiger partial charge in [0, 0.05) is 19.3 Å². The van der Waals surface area contributed by atoms with E-state index in [1.54, 1.807) is 0 Å². The van der Waals surface area contributed by atoms with Gasteiger partial charge in [-0.05, 0) is 96.3 Å². The quantitative estimate of drug-likeness (QED) is 0.0261. The molecular weight excluding hydrogens is 949 g/mol. The van der Waals surface area contributed by atoms with Crippen molar-refractivity contribution >= 4 is 17.9 Å². The van der Waals surface area contributed by atoms with Crippen LogP contribution in [-0.4, -0.2) is 37.2 Å². The Morgan fingerprint density at radius 2 is 0.429 bits per heavy atom. The van der Waals surface area contributed by atoms with Crippen molar-refractivity contribution in [3.05, 3.63) is 36.5 Å². The van der Waals surface area contributed by atoms with Crippen molar-refractivity contribution < 1.29 is 28.6 Å². The number of carbonyl (C=O) groups excluding carboxylic acids is 3. The van der Waals surface area contributed by atoms with E-state index in [0.717, 1.165) is 57.8 Å². The summed E-state index contributed by atoms with van der Waals surface area (Å²) in [5.74, 6) is -0.854. The molecule has 0 bridgehead atoms. The van der Waals surface area contributed by atoms with Gasteiger partial charge in [-0.25, -0.2) is 0 Å². The highest BCUT2D eigenvalue weighted by molar-refractivity contribution is 5.71. The average molecular weight is 1080 g/mol. The van der Waals surface area contributed by atoms with Crippen LogP contribution < -0.4 is 0 Å².